The lowest BCUT2D eigenvalue weighted by Crippen LogP contribution is -2.49. The highest BCUT2D eigenvalue weighted by molar-refractivity contribution is 5.94. The largest absolute Gasteiger partial charge is 0.381 e. The number of nitrogens with zero attached hydrogens (tertiary/aromatic N) is 1. The van der Waals surface area contributed by atoms with E-state index >= 15 is 0 Å². The molecule has 1 saturated heterocycles. The number of aromatic nitrogens is 1. The van der Waals surface area contributed by atoms with E-state index in [1.54, 1.807) is 13.2 Å². The topological polar surface area (TPSA) is 62.4 Å². The Hall–Kier alpha value is -1.62. The molecule has 1 spiro atoms. The molecule has 1 amide bonds. The fourth-order valence-electron chi connectivity index (χ4n) is 4.00. The van der Waals surface area contributed by atoms with Crippen molar-refractivity contribution in [1.29, 1.82) is 0 Å². The Morgan fingerprint density at radius 3 is 2.90 bits per heavy atom. The van der Waals surface area contributed by atoms with Gasteiger partial charge in [-0.1, -0.05) is 6.42 Å². The molecule has 2 heterocycles. The minimum absolute atomic E-state index is 0.00655. The molecule has 0 radical (unpaired) electrons. The van der Waals surface area contributed by atoms with E-state index in [0.717, 1.165) is 38.8 Å². The Balaban J connectivity index is 1.78. The number of amides is 1. The zero-order valence-corrected chi connectivity index (χ0v) is 12.4. The molecule has 1 aliphatic heterocycles. The molecule has 1 saturated carbocycles. The molecule has 2 atom stereocenters. The molecule has 0 aromatic carbocycles. The fraction of sp³-hybridized carbons (Fsp3) is 0.625. The molecule has 2 fully saturated rings. The van der Waals surface area contributed by atoms with Gasteiger partial charge in [0.15, 0.2) is 0 Å². The van der Waals surface area contributed by atoms with Crippen molar-refractivity contribution >= 4 is 5.91 Å². The van der Waals surface area contributed by atoms with E-state index in [1.807, 2.05) is 4.90 Å². The summed E-state index contributed by atoms with van der Waals surface area (Å²) >= 11 is 0. The van der Waals surface area contributed by atoms with Gasteiger partial charge in [-0.3, -0.25) is 9.59 Å². The maximum atomic E-state index is 12.6. The number of aromatic amines is 1. The molecule has 21 heavy (non-hydrogen) atoms. The van der Waals surface area contributed by atoms with Crippen LogP contribution in [0.4, 0.5) is 0 Å². The van der Waals surface area contributed by atoms with Gasteiger partial charge in [0.1, 0.15) is 0 Å². The van der Waals surface area contributed by atoms with Gasteiger partial charge in [0, 0.05) is 37.9 Å². The molecular formula is C16H22N2O3. The predicted molar refractivity (Wildman–Crippen MR) is 79.3 cm³/mol. The number of H-pyrrole nitrogens is 1. The maximum absolute atomic E-state index is 12.6. The zero-order valence-electron chi connectivity index (χ0n) is 12.4. The van der Waals surface area contributed by atoms with Crippen LogP contribution >= 0.6 is 0 Å². The van der Waals surface area contributed by atoms with Crippen molar-refractivity contribution in [1.82, 2.24) is 9.88 Å². The van der Waals surface area contributed by atoms with Crippen LogP contribution in [0.3, 0.4) is 0 Å². The van der Waals surface area contributed by atoms with E-state index in [2.05, 4.69) is 4.98 Å². The first-order valence-corrected chi connectivity index (χ1v) is 7.65. The van der Waals surface area contributed by atoms with Crippen molar-refractivity contribution in [2.24, 2.45) is 5.41 Å². The second-order valence-corrected chi connectivity index (χ2v) is 6.25. The van der Waals surface area contributed by atoms with Crippen LogP contribution in [0.15, 0.2) is 23.1 Å². The minimum atomic E-state index is -0.183. The lowest BCUT2D eigenvalue weighted by atomic mass is 9.76. The summed E-state index contributed by atoms with van der Waals surface area (Å²) in [6.45, 7) is 1.56. The van der Waals surface area contributed by atoms with E-state index in [1.165, 1.54) is 18.7 Å². The first kappa shape index (κ1) is 14.3. The summed E-state index contributed by atoms with van der Waals surface area (Å²) in [6, 6.07) is 3.01. The minimum Gasteiger partial charge on any atom is -0.381 e. The summed E-state index contributed by atoms with van der Waals surface area (Å²) in [7, 11) is 1.78. The molecule has 3 rings (SSSR count). The van der Waals surface area contributed by atoms with Gasteiger partial charge in [-0.25, -0.2) is 0 Å². The van der Waals surface area contributed by atoms with Crippen LogP contribution in [0.2, 0.25) is 0 Å². The molecule has 0 unspecified atom stereocenters. The molecule has 5 heteroatoms. The monoisotopic (exact) mass is 290 g/mol. The van der Waals surface area contributed by atoms with Crippen molar-refractivity contribution in [2.45, 2.75) is 38.2 Å². The van der Waals surface area contributed by atoms with Crippen molar-refractivity contribution in [3.05, 3.63) is 34.2 Å². The third-order valence-corrected chi connectivity index (χ3v) is 5.04. The van der Waals surface area contributed by atoms with E-state index in [9.17, 15) is 9.59 Å². The van der Waals surface area contributed by atoms with Gasteiger partial charge in [-0.2, -0.15) is 0 Å². The van der Waals surface area contributed by atoms with Crippen LogP contribution in [0.25, 0.3) is 0 Å². The van der Waals surface area contributed by atoms with Crippen LogP contribution in [0.5, 0.6) is 0 Å². The van der Waals surface area contributed by atoms with Crippen molar-refractivity contribution < 1.29 is 9.53 Å². The van der Waals surface area contributed by atoms with Crippen LogP contribution in [-0.4, -0.2) is 42.1 Å². The smallest absolute Gasteiger partial charge is 0.255 e. The molecule has 1 N–H and O–H groups in total. The summed E-state index contributed by atoms with van der Waals surface area (Å²) in [6.07, 6.45) is 7.35. The molecule has 1 aliphatic carbocycles. The van der Waals surface area contributed by atoms with Crippen molar-refractivity contribution in [2.75, 3.05) is 20.2 Å². The molecule has 5 nitrogen and oxygen atoms in total. The second-order valence-electron chi connectivity index (χ2n) is 6.25. The van der Waals surface area contributed by atoms with E-state index in [0.29, 0.717) is 5.56 Å². The molecule has 2 aliphatic rings. The molecule has 1 aromatic heterocycles. The standard InChI is InChI=1S/C16H22N2O3/c1-21-13-4-2-7-16(13)8-3-9-18(11-16)15(20)12-5-6-14(19)17-10-12/h5-6,10,13H,2-4,7-9,11H2,1H3,(H,17,19)/t13-,16-/m1/s1. The van der Waals surface area contributed by atoms with E-state index in [4.69, 9.17) is 4.74 Å². The van der Waals surface area contributed by atoms with Gasteiger partial charge < -0.3 is 14.6 Å². The van der Waals surface area contributed by atoms with Gasteiger partial charge in [0.05, 0.1) is 11.7 Å². The number of nitrogens with one attached hydrogen (secondary N) is 1. The second kappa shape index (κ2) is 5.64. The van der Waals surface area contributed by atoms with Gasteiger partial charge in [0.25, 0.3) is 5.91 Å². The Labute approximate surface area is 124 Å². The van der Waals surface area contributed by atoms with Gasteiger partial charge in [-0.15, -0.1) is 0 Å². The quantitative estimate of drug-likeness (QED) is 0.903. The van der Waals surface area contributed by atoms with Crippen LogP contribution in [0, 0.1) is 5.41 Å². The number of rotatable bonds is 2. The van der Waals surface area contributed by atoms with Crippen molar-refractivity contribution in [3.8, 4) is 0 Å². The molecular weight excluding hydrogens is 268 g/mol. The Bertz CT molecular complexity index is 563. The van der Waals surface area contributed by atoms with Gasteiger partial charge in [-0.05, 0) is 31.7 Å². The number of piperidine rings is 1. The highest BCUT2D eigenvalue weighted by Crippen LogP contribution is 2.46. The number of likely N-dealkylation sites (tertiary alicyclic amines) is 1. The first-order valence-electron chi connectivity index (χ1n) is 7.65. The van der Waals surface area contributed by atoms with Crippen LogP contribution in [-0.2, 0) is 4.74 Å². The Morgan fingerprint density at radius 2 is 2.19 bits per heavy atom. The average molecular weight is 290 g/mol. The third-order valence-electron chi connectivity index (χ3n) is 5.04. The summed E-state index contributed by atoms with van der Waals surface area (Å²) in [5.74, 6) is 0.00655. The number of carbonyl (C=O) groups is 1. The SMILES string of the molecule is CO[C@@H]1CCC[C@]12CCCN(C(=O)c1ccc(=O)[nH]c1)C2. The fourth-order valence-corrected chi connectivity index (χ4v) is 4.00. The first-order chi connectivity index (χ1) is 10.1. The maximum Gasteiger partial charge on any atom is 0.255 e. The van der Waals surface area contributed by atoms with Gasteiger partial charge in [0.2, 0.25) is 5.56 Å². The normalized spacial score (nSPS) is 29.0. The van der Waals surface area contributed by atoms with Crippen LogP contribution in [0.1, 0.15) is 42.5 Å². The van der Waals surface area contributed by atoms with E-state index < -0.39 is 0 Å². The third kappa shape index (κ3) is 2.62. The molecule has 114 valence electrons. The Kier molecular flexibility index (Phi) is 3.85. The number of pyridine rings is 1. The summed E-state index contributed by atoms with van der Waals surface area (Å²) in [4.78, 5) is 28.2. The van der Waals surface area contributed by atoms with E-state index in [-0.39, 0.29) is 23.0 Å². The predicted octanol–water partition coefficient (Wildman–Crippen LogP) is 1.80. The number of carbonyl (C=O) groups excluding carboxylic acids is 1. The molecule has 0 bridgehead atoms. The summed E-state index contributed by atoms with van der Waals surface area (Å²) in [5.41, 5.74) is 0.501. The highest BCUT2D eigenvalue weighted by atomic mass is 16.5. The number of ether oxygens (including phenoxy) is 1. The number of hydrogen-bond acceptors (Lipinski definition) is 3. The average Bonchev–Trinajstić information content (AvgIpc) is 2.89. The van der Waals surface area contributed by atoms with Crippen LogP contribution < -0.4 is 5.56 Å². The Morgan fingerprint density at radius 1 is 1.38 bits per heavy atom. The summed E-state index contributed by atoms with van der Waals surface area (Å²) in [5, 5.41) is 0. The van der Waals surface area contributed by atoms with Gasteiger partial charge >= 0.3 is 0 Å². The number of hydrogen-bond donors (Lipinski definition) is 1. The zero-order chi connectivity index (χ0) is 14.9. The lowest BCUT2D eigenvalue weighted by molar-refractivity contribution is -0.0295. The summed E-state index contributed by atoms with van der Waals surface area (Å²) < 4.78 is 5.67. The molecule has 1 aromatic rings. The van der Waals surface area contributed by atoms with Crippen molar-refractivity contribution in [3.63, 3.8) is 0 Å². The number of methoxy groups -OCH3 is 1. The highest BCUT2D eigenvalue weighted by Gasteiger charge is 2.46. The lowest BCUT2D eigenvalue weighted by Gasteiger charge is -2.43.